The van der Waals surface area contributed by atoms with Crippen LogP contribution in [0, 0.1) is 0 Å². The van der Waals surface area contributed by atoms with Gasteiger partial charge in [0.05, 0.1) is 0 Å². The standard InChI is InChI=1S/C20H18O3/c1-13-14(2)20(19(13)21)22-17(15-9-5-3-6-10-15)18(23-20)16-11-7-4-8-12-16/h3-12,17-18H,1-2H3/t17-,18+,20?. The van der Waals surface area contributed by atoms with E-state index in [1.807, 2.05) is 74.5 Å². The maximum Gasteiger partial charge on any atom is 0.258 e. The Labute approximate surface area is 135 Å². The Bertz CT molecular complexity index is 730. The van der Waals surface area contributed by atoms with Gasteiger partial charge in [0.1, 0.15) is 12.2 Å². The molecule has 0 amide bonds. The number of carbonyl (C=O) groups excluding carboxylic acids is 1. The van der Waals surface area contributed by atoms with E-state index in [1.165, 1.54) is 0 Å². The lowest BCUT2D eigenvalue weighted by atomic mass is 9.82. The maximum absolute atomic E-state index is 12.4. The van der Waals surface area contributed by atoms with Crippen LogP contribution in [-0.4, -0.2) is 11.6 Å². The predicted octanol–water partition coefficient (Wildman–Crippen LogP) is 4.13. The van der Waals surface area contributed by atoms with Gasteiger partial charge in [-0.1, -0.05) is 60.7 Å². The molecule has 23 heavy (non-hydrogen) atoms. The van der Waals surface area contributed by atoms with Gasteiger partial charge in [0, 0.05) is 11.1 Å². The summed E-state index contributed by atoms with van der Waals surface area (Å²) in [4.78, 5) is 12.4. The number of carbonyl (C=O) groups is 1. The molecule has 2 aliphatic rings. The molecule has 1 aliphatic carbocycles. The van der Waals surface area contributed by atoms with Crippen LogP contribution in [0.15, 0.2) is 71.8 Å². The van der Waals surface area contributed by atoms with Gasteiger partial charge in [0.25, 0.3) is 5.79 Å². The number of Topliss-reactive ketones (excluding diaryl/α,β-unsaturated/α-hetero) is 1. The van der Waals surface area contributed by atoms with Crippen LogP contribution in [0.2, 0.25) is 0 Å². The smallest absolute Gasteiger partial charge is 0.258 e. The third kappa shape index (κ3) is 2.01. The molecular weight excluding hydrogens is 288 g/mol. The van der Waals surface area contributed by atoms with E-state index in [9.17, 15) is 4.79 Å². The predicted molar refractivity (Wildman–Crippen MR) is 86.6 cm³/mol. The topological polar surface area (TPSA) is 35.5 Å². The van der Waals surface area contributed by atoms with Crippen LogP contribution < -0.4 is 0 Å². The zero-order valence-electron chi connectivity index (χ0n) is 13.2. The molecule has 1 saturated heterocycles. The highest BCUT2D eigenvalue weighted by Crippen LogP contribution is 2.54. The molecule has 4 rings (SSSR count). The largest absolute Gasteiger partial charge is 0.329 e. The molecule has 1 spiro atoms. The number of benzene rings is 2. The Balaban J connectivity index is 1.78. The number of ether oxygens (including phenoxy) is 2. The third-order valence-corrected chi connectivity index (χ3v) is 4.81. The lowest BCUT2D eigenvalue weighted by Gasteiger charge is -2.36. The quantitative estimate of drug-likeness (QED) is 0.837. The van der Waals surface area contributed by atoms with Crippen molar-refractivity contribution in [3.05, 3.63) is 82.9 Å². The van der Waals surface area contributed by atoms with Gasteiger partial charge >= 0.3 is 0 Å². The van der Waals surface area contributed by atoms with Gasteiger partial charge in [-0.2, -0.15) is 0 Å². The summed E-state index contributed by atoms with van der Waals surface area (Å²) in [5.74, 6) is -1.26. The van der Waals surface area contributed by atoms with Crippen molar-refractivity contribution in [2.45, 2.75) is 31.8 Å². The van der Waals surface area contributed by atoms with Crippen molar-refractivity contribution >= 4 is 5.78 Å². The van der Waals surface area contributed by atoms with Gasteiger partial charge in [-0.25, -0.2) is 0 Å². The first-order valence-electron chi connectivity index (χ1n) is 7.82. The second-order valence-electron chi connectivity index (χ2n) is 6.09. The van der Waals surface area contributed by atoms with Crippen molar-refractivity contribution in [2.24, 2.45) is 0 Å². The minimum Gasteiger partial charge on any atom is -0.329 e. The van der Waals surface area contributed by atoms with E-state index in [0.717, 1.165) is 22.3 Å². The van der Waals surface area contributed by atoms with Crippen LogP contribution in [0.1, 0.15) is 37.2 Å². The molecule has 2 aromatic rings. The third-order valence-electron chi connectivity index (χ3n) is 4.81. The van der Waals surface area contributed by atoms with Crippen molar-refractivity contribution in [1.82, 2.24) is 0 Å². The Morgan fingerprint density at radius 3 is 1.61 bits per heavy atom. The summed E-state index contributed by atoms with van der Waals surface area (Å²) in [7, 11) is 0. The van der Waals surface area contributed by atoms with Crippen molar-refractivity contribution in [2.75, 3.05) is 0 Å². The molecular formula is C20H18O3. The van der Waals surface area contributed by atoms with Crippen LogP contribution in [-0.2, 0) is 14.3 Å². The first kappa shape index (κ1) is 14.4. The summed E-state index contributed by atoms with van der Waals surface area (Å²) in [5.41, 5.74) is 3.65. The monoisotopic (exact) mass is 306 g/mol. The van der Waals surface area contributed by atoms with Gasteiger partial charge in [0.2, 0.25) is 5.78 Å². The van der Waals surface area contributed by atoms with E-state index in [1.54, 1.807) is 0 Å². The molecule has 3 heteroatoms. The Hall–Kier alpha value is -2.23. The zero-order valence-corrected chi connectivity index (χ0v) is 13.2. The summed E-state index contributed by atoms with van der Waals surface area (Å²) in [6, 6.07) is 19.9. The van der Waals surface area contributed by atoms with Crippen LogP contribution >= 0.6 is 0 Å². The fraction of sp³-hybridized carbons (Fsp3) is 0.250. The van der Waals surface area contributed by atoms with Crippen LogP contribution in [0.5, 0.6) is 0 Å². The van der Waals surface area contributed by atoms with Crippen molar-refractivity contribution in [3.8, 4) is 0 Å². The van der Waals surface area contributed by atoms with E-state index in [4.69, 9.17) is 9.47 Å². The molecule has 0 bridgehead atoms. The second-order valence-corrected chi connectivity index (χ2v) is 6.09. The fourth-order valence-electron chi connectivity index (χ4n) is 3.34. The normalized spacial score (nSPS) is 29.9. The number of hydrogen-bond acceptors (Lipinski definition) is 3. The molecule has 3 atom stereocenters. The minimum absolute atomic E-state index is 0.0608. The van der Waals surface area contributed by atoms with Gasteiger partial charge < -0.3 is 9.47 Å². The number of ketones is 1. The summed E-state index contributed by atoms with van der Waals surface area (Å²) in [6.07, 6.45) is -0.601. The maximum atomic E-state index is 12.4. The van der Waals surface area contributed by atoms with Gasteiger partial charge in [-0.3, -0.25) is 4.79 Å². The molecule has 1 unspecified atom stereocenters. The van der Waals surface area contributed by atoms with E-state index in [-0.39, 0.29) is 18.0 Å². The fourth-order valence-corrected chi connectivity index (χ4v) is 3.34. The lowest BCUT2D eigenvalue weighted by molar-refractivity contribution is -0.179. The highest BCUT2D eigenvalue weighted by Gasteiger charge is 2.61. The van der Waals surface area contributed by atoms with Crippen LogP contribution in [0.4, 0.5) is 0 Å². The highest BCUT2D eigenvalue weighted by molar-refractivity contribution is 6.10. The zero-order chi connectivity index (χ0) is 16.0. The van der Waals surface area contributed by atoms with Crippen LogP contribution in [0.3, 0.4) is 0 Å². The molecule has 1 aliphatic heterocycles. The number of hydrogen-bond donors (Lipinski definition) is 0. The van der Waals surface area contributed by atoms with E-state index in [2.05, 4.69) is 0 Å². The second kappa shape index (κ2) is 5.15. The molecule has 3 nitrogen and oxygen atoms in total. The number of rotatable bonds is 2. The van der Waals surface area contributed by atoms with E-state index in [0.29, 0.717) is 0 Å². The average Bonchev–Trinajstić information content (AvgIpc) is 3.05. The van der Waals surface area contributed by atoms with Crippen molar-refractivity contribution in [1.29, 1.82) is 0 Å². The summed E-state index contributed by atoms with van der Waals surface area (Å²) < 4.78 is 12.4. The first-order valence-corrected chi connectivity index (χ1v) is 7.82. The van der Waals surface area contributed by atoms with Gasteiger partial charge in [-0.05, 0) is 25.0 Å². The van der Waals surface area contributed by atoms with Crippen molar-refractivity contribution in [3.63, 3.8) is 0 Å². The molecule has 116 valence electrons. The Kier molecular flexibility index (Phi) is 3.22. The Morgan fingerprint density at radius 2 is 1.22 bits per heavy atom. The molecule has 0 N–H and O–H groups in total. The molecule has 1 heterocycles. The summed E-state index contributed by atoms with van der Waals surface area (Å²) in [5, 5.41) is 0. The molecule has 0 radical (unpaired) electrons. The summed E-state index contributed by atoms with van der Waals surface area (Å²) >= 11 is 0. The average molecular weight is 306 g/mol. The first-order chi connectivity index (χ1) is 11.1. The minimum atomic E-state index is -1.20. The summed E-state index contributed by atoms with van der Waals surface area (Å²) in [6.45, 7) is 3.73. The lowest BCUT2D eigenvalue weighted by Crippen LogP contribution is -2.50. The van der Waals surface area contributed by atoms with E-state index < -0.39 is 5.79 Å². The molecule has 0 saturated carbocycles. The Morgan fingerprint density at radius 1 is 0.783 bits per heavy atom. The van der Waals surface area contributed by atoms with Crippen molar-refractivity contribution < 1.29 is 14.3 Å². The van der Waals surface area contributed by atoms with Gasteiger partial charge in [-0.15, -0.1) is 0 Å². The SMILES string of the molecule is CC1=C(C)C2(O[C@H](c3ccccc3)[C@H](c3ccccc3)O2)C1=O. The van der Waals surface area contributed by atoms with Crippen LogP contribution in [0.25, 0.3) is 0 Å². The van der Waals surface area contributed by atoms with E-state index >= 15 is 0 Å². The highest BCUT2D eigenvalue weighted by atomic mass is 16.8. The molecule has 0 aromatic heterocycles. The molecule has 1 fully saturated rings. The molecule has 2 aromatic carbocycles. The van der Waals surface area contributed by atoms with Gasteiger partial charge in [0.15, 0.2) is 0 Å².